The molecule has 0 aliphatic carbocycles. The van der Waals surface area contributed by atoms with Crippen LogP contribution in [-0.4, -0.2) is 187 Å². The molecule has 1 saturated heterocycles. The number of hydrogen-bond donors (Lipinski definition) is 18. The van der Waals surface area contributed by atoms with Crippen molar-refractivity contribution in [3.05, 3.63) is 35.9 Å². The van der Waals surface area contributed by atoms with Crippen LogP contribution in [0, 0.1) is 11.8 Å². The highest BCUT2D eigenvalue weighted by Crippen LogP contribution is 2.12. The zero-order valence-corrected chi connectivity index (χ0v) is 49.5. The molecule has 29 heteroatoms. The number of amides is 11. The van der Waals surface area contributed by atoms with Gasteiger partial charge in [0.15, 0.2) is 0 Å². The zero-order valence-electron chi connectivity index (χ0n) is 49.5. The van der Waals surface area contributed by atoms with Gasteiger partial charge in [-0.2, -0.15) is 0 Å². The number of nitrogens with two attached hydrogens (primary N) is 5. The molecule has 0 spiro atoms. The molecule has 29 nitrogen and oxygen atoms in total. The van der Waals surface area contributed by atoms with E-state index in [1.165, 1.54) is 13.8 Å². The van der Waals surface area contributed by atoms with Gasteiger partial charge in [0.1, 0.15) is 60.4 Å². The predicted molar refractivity (Wildman–Crippen MR) is 312 cm³/mol. The molecule has 84 heavy (non-hydrogen) atoms. The lowest BCUT2D eigenvalue weighted by Gasteiger charge is -2.29. The first-order valence-corrected chi connectivity index (χ1v) is 29.0. The highest BCUT2D eigenvalue weighted by atomic mass is 16.3. The molecule has 1 fully saturated rings. The van der Waals surface area contributed by atoms with E-state index >= 15 is 0 Å². The van der Waals surface area contributed by atoms with Gasteiger partial charge in [0.2, 0.25) is 65.0 Å². The Balaban J connectivity index is 2.69. The van der Waals surface area contributed by atoms with Crippen LogP contribution in [0.2, 0.25) is 0 Å². The van der Waals surface area contributed by atoms with Gasteiger partial charge in [-0.3, -0.25) is 52.7 Å². The van der Waals surface area contributed by atoms with Gasteiger partial charge in [0.25, 0.3) is 0 Å². The summed E-state index contributed by atoms with van der Waals surface area (Å²) in [7, 11) is 0. The van der Waals surface area contributed by atoms with Crippen molar-refractivity contribution in [2.45, 2.75) is 191 Å². The highest BCUT2D eigenvalue weighted by Gasteiger charge is 2.37. The number of aliphatic hydroxyl groups is 2. The first kappa shape index (κ1) is 73.2. The summed E-state index contributed by atoms with van der Waals surface area (Å²) in [4.78, 5) is 154. The summed E-state index contributed by atoms with van der Waals surface area (Å²) in [5.41, 5.74) is 29.9. The van der Waals surface area contributed by atoms with Crippen molar-refractivity contribution in [1.29, 1.82) is 0 Å². The molecule has 474 valence electrons. The molecule has 0 saturated carbocycles. The van der Waals surface area contributed by atoms with Crippen LogP contribution in [-0.2, 0) is 59.2 Å². The monoisotopic (exact) mass is 1190 g/mol. The molecule has 23 N–H and O–H groups in total. The minimum atomic E-state index is -1.70. The molecule has 1 heterocycles. The lowest BCUT2D eigenvalue weighted by molar-refractivity contribution is -0.137. The van der Waals surface area contributed by atoms with Crippen molar-refractivity contribution in [2.75, 3.05) is 39.3 Å². The third kappa shape index (κ3) is 26.4. The Morgan fingerprint density at radius 3 is 1.52 bits per heavy atom. The normalized spacial score (nSPS) is 22.7. The Hall–Kier alpha value is -6.89. The van der Waals surface area contributed by atoms with Crippen LogP contribution in [0.15, 0.2) is 30.3 Å². The van der Waals surface area contributed by atoms with Crippen LogP contribution >= 0.6 is 0 Å². The molecule has 0 radical (unpaired) electrons. The van der Waals surface area contributed by atoms with Gasteiger partial charge in [-0.15, -0.1) is 0 Å². The third-order valence-electron chi connectivity index (χ3n) is 13.6. The first-order chi connectivity index (χ1) is 39.8. The van der Waals surface area contributed by atoms with E-state index in [0.29, 0.717) is 17.9 Å². The Morgan fingerprint density at radius 2 is 1.02 bits per heavy atom. The van der Waals surface area contributed by atoms with Crippen LogP contribution in [0.5, 0.6) is 0 Å². The fraction of sp³-hybridized carbons (Fsp3) is 0.691. The average Bonchev–Trinajstić information content (AvgIpc) is 3.63. The van der Waals surface area contributed by atoms with Crippen LogP contribution in [0.1, 0.15) is 118 Å². The number of hydrogen-bond acceptors (Lipinski definition) is 18. The Labute approximate surface area is 491 Å². The molecule has 1 aliphatic rings. The lowest BCUT2D eigenvalue weighted by atomic mass is 10.00. The molecule has 1 aliphatic heterocycles. The minimum absolute atomic E-state index is 0.0181. The summed E-state index contributed by atoms with van der Waals surface area (Å²) < 4.78 is 0. The van der Waals surface area contributed by atoms with Gasteiger partial charge in [-0.1, -0.05) is 70.9 Å². The molecule has 0 unspecified atom stereocenters. The van der Waals surface area contributed by atoms with Crippen LogP contribution in [0.4, 0.5) is 0 Å². The zero-order chi connectivity index (χ0) is 63.1. The topological polar surface area (TPSA) is 491 Å². The van der Waals surface area contributed by atoms with Crippen molar-refractivity contribution in [3.8, 4) is 0 Å². The largest absolute Gasteiger partial charge is 0.391 e. The van der Waals surface area contributed by atoms with E-state index in [-0.39, 0.29) is 90.0 Å². The van der Waals surface area contributed by atoms with E-state index < -0.39 is 151 Å². The summed E-state index contributed by atoms with van der Waals surface area (Å²) in [5.74, 6) is -9.52. The summed E-state index contributed by atoms with van der Waals surface area (Å²) in [6, 6.07) is -6.23. The van der Waals surface area contributed by atoms with Crippen molar-refractivity contribution in [2.24, 2.45) is 40.5 Å². The van der Waals surface area contributed by atoms with Gasteiger partial charge < -0.3 is 97.4 Å². The van der Waals surface area contributed by atoms with Crippen LogP contribution in [0.25, 0.3) is 0 Å². The number of carbonyl (C=O) groups excluding carboxylic acids is 11. The smallest absolute Gasteiger partial charge is 0.245 e. The quantitative estimate of drug-likeness (QED) is 0.0348. The molecular weight excluding hydrogens is 1090 g/mol. The van der Waals surface area contributed by atoms with Gasteiger partial charge in [0.05, 0.1) is 12.2 Å². The second-order valence-electron chi connectivity index (χ2n) is 21.9. The fourth-order valence-corrected chi connectivity index (χ4v) is 8.98. The molecule has 1 aromatic rings. The number of carbonyl (C=O) groups is 11. The first-order valence-electron chi connectivity index (χ1n) is 29.0. The molecule has 0 aromatic heterocycles. The summed E-state index contributed by atoms with van der Waals surface area (Å²) in [5, 5.41) is 49.6. The molecule has 0 bridgehead atoms. The van der Waals surface area contributed by atoms with Gasteiger partial charge in [-0.25, -0.2) is 0 Å². The van der Waals surface area contributed by atoms with Crippen molar-refractivity contribution in [1.82, 2.24) is 58.5 Å². The maximum atomic E-state index is 14.5. The van der Waals surface area contributed by atoms with Gasteiger partial charge in [-0.05, 0) is 115 Å². The molecule has 1 aromatic carbocycles. The van der Waals surface area contributed by atoms with Crippen molar-refractivity contribution >= 4 is 65.0 Å². The van der Waals surface area contributed by atoms with E-state index in [2.05, 4.69) is 72.3 Å². The Bertz CT molecular complexity index is 2290. The molecule has 2 rings (SSSR count). The standard InChI is InChI=1S/C55H96N16O13/c1-30(2)12-10-11-15-43(74)62-35(16-22-56)50(79)71-45(33(6)73)55(84)67-38(19-25-59)47(76)66-40-21-27-61-54(83)44(32(5)72)70-51(80)39(20-26-60)64-46(75)36(17-23-57)65-52(81)41(28-31(3)4)68-53(82)42(29-34-13-8-7-9-14-34)69-48(77)37(18-24-58)63-49(40)78/h7-9,13-14,30-33,35-42,44-45,72-73H,10-12,15-29,56-60H2,1-6H3,(H,61,83)(H,62,74)(H,63,78)(H,64,75)(H,65,81)(H,66,76)(H,67,84)(H,68,82)(H,69,77)(H,70,80)(H,71,79)/t32-,33-,35+,36+,37-,38+,39+,40+,41+,42-,44+,45+/m1/s1. The van der Waals surface area contributed by atoms with Gasteiger partial charge >= 0.3 is 0 Å². The Morgan fingerprint density at radius 1 is 0.536 bits per heavy atom. The lowest BCUT2D eigenvalue weighted by Crippen LogP contribution is -2.62. The van der Waals surface area contributed by atoms with Crippen molar-refractivity contribution < 1.29 is 63.0 Å². The minimum Gasteiger partial charge on any atom is -0.391 e. The van der Waals surface area contributed by atoms with E-state index in [1.54, 1.807) is 44.2 Å². The summed E-state index contributed by atoms with van der Waals surface area (Å²) in [6.45, 7) is 8.92. The van der Waals surface area contributed by atoms with Crippen LogP contribution < -0.4 is 87.2 Å². The second kappa shape index (κ2) is 38.9. The number of aliphatic hydroxyl groups excluding tert-OH is 2. The molecule has 11 amide bonds. The number of nitrogens with one attached hydrogen (secondary N) is 11. The van der Waals surface area contributed by atoms with E-state index in [9.17, 15) is 63.0 Å². The third-order valence-corrected chi connectivity index (χ3v) is 13.6. The maximum Gasteiger partial charge on any atom is 0.245 e. The number of unbranched alkanes of at least 4 members (excludes halogenated alkanes) is 1. The summed E-state index contributed by atoms with van der Waals surface area (Å²) in [6.07, 6.45) is -2.10. The Kier molecular flexibility index (Phi) is 33.9. The average molecular weight is 1190 g/mol. The predicted octanol–water partition coefficient (Wildman–Crippen LogP) is -5.63. The molecule has 12 atom stereocenters. The summed E-state index contributed by atoms with van der Waals surface area (Å²) >= 11 is 0. The molecular formula is C55H96N16O13. The van der Waals surface area contributed by atoms with Gasteiger partial charge in [0, 0.05) is 19.4 Å². The number of rotatable bonds is 28. The second-order valence-corrected chi connectivity index (χ2v) is 21.9. The maximum absolute atomic E-state index is 14.5. The van der Waals surface area contributed by atoms with Crippen LogP contribution in [0.3, 0.4) is 0 Å². The van der Waals surface area contributed by atoms with E-state index in [1.807, 2.05) is 0 Å². The SMILES string of the molecule is CC(C)CCCCC(=O)N[C@@H](CCN)C(=O)N[C@H](C(=O)N[C@@H](CCN)C(=O)N[C@H]1CCNC(=O)[C@H]([C@@H](C)O)NC(=O)[C@H](CCN)NC(=O)[C@H](CCN)NC(=O)[C@H](CC(C)C)NC(=O)[C@@H](Cc2ccccc2)NC(=O)[C@@H](CCN)NC1=O)[C@@H](C)O. The van der Waals surface area contributed by atoms with Crippen molar-refractivity contribution in [3.63, 3.8) is 0 Å². The van der Waals surface area contributed by atoms with E-state index in [0.717, 1.165) is 12.8 Å². The highest BCUT2D eigenvalue weighted by molar-refractivity contribution is 5.99. The van der Waals surface area contributed by atoms with E-state index in [4.69, 9.17) is 28.7 Å². The number of benzene rings is 1. The fourth-order valence-electron chi connectivity index (χ4n) is 8.98.